The van der Waals surface area contributed by atoms with Crippen LogP contribution in [0.1, 0.15) is 5.56 Å². The molecule has 0 N–H and O–H groups in total. The molecule has 2 aromatic rings. The van der Waals surface area contributed by atoms with Crippen LogP contribution in [0.2, 0.25) is 0 Å². The Morgan fingerprint density at radius 3 is 2.61 bits per heavy atom. The molecule has 2 aliphatic heterocycles. The topological polar surface area (TPSA) is 59.0 Å². The highest BCUT2D eigenvalue weighted by molar-refractivity contribution is 8.13. The van der Waals surface area contributed by atoms with Crippen molar-refractivity contribution < 1.29 is 21.9 Å². The Morgan fingerprint density at radius 1 is 1.18 bits per heavy atom. The van der Waals surface area contributed by atoms with Crippen LogP contribution in [0.15, 0.2) is 47.5 Å². The molecule has 0 bridgehead atoms. The fourth-order valence-corrected chi connectivity index (χ4v) is 6.38. The molecule has 4 rings (SSSR count). The molecule has 0 unspecified atom stereocenters. The van der Waals surface area contributed by atoms with Crippen LogP contribution in [0.4, 0.5) is 14.5 Å². The van der Waals surface area contributed by atoms with Gasteiger partial charge in [-0.2, -0.15) is 0 Å². The number of nitrogens with zero attached hydrogens (tertiary/aromatic N) is 2. The lowest BCUT2D eigenvalue weighted by Gasteiger charge is -2.26. The lowest BCUT2D eigenvalue weighted by atomic mass is 10.1. The summed E-state index contributed by atoms with van der Waals surface area (Å²) in [5, 5.41) is 0.547. The van der Waals surface area contributed by atoms with Crippen molar-refractivity contribution >= 4 is 32.5 Å². The molecule has 2 aliphatic rings. The number of anilines is 1. The second kappa shape index (κ2) is 7.36. The first-order valence-electron chi connectivity index (χ1n) is 8.64. The van der Waals surface area contributed by atoms with Crippen LogP contribution < -0.4 is 9.64 Å². The second-order valence-corrected chi connectivity index (χ2v) is 9.82. The van der Waals surface area contributed by atoms with Gasteiger partial charge in [-0.05, 0) is 29.8 Å². The predicted molar refractivity (Wildman–Crippen MR) is 107 cm³/mol. The zero-order valence-electron chi connectivity index (χ0n) is 15.0. The number of sulfone groups is 1. The number of benzene rings is 2. The van der Waals surface area contributed by atoms with E-state index in [1.165, 1.54) is 23.9 Å². The fraction of sp³-hybridized carbons (Fsp3) is 0.316. The largest absolute Gasteiger partial charge is 0.497 e. The Balaban J connectivity index is 1.61. The minimum Gasteiger partial charge on any atom is -0.497 e. The first kappa shape index (κ1) is 19.2. The maximum absolute atomic E-state index is 14.5. The second-order valence-electron chi connectivity index (χ2n) is 6.73. The van der Waals surface area contributed by atoms with Crippen molar-refractivity contribution in [2.45, 2.75) is 17.8 Å². The molecule has 2 aromatic carbocycles. The average Bonchev–Trinajstić information content (AvgIpc) is 3.12. The zero-order valence-corrected chi connectivity index (χ0v) is 16.6. The third-order valence-corrected chi connectivity index (χ3v) is 7.54. The van der Waals surface area contributed by atoms with Crippen LogP contribution in [-0.4, -0.2) is 44.3 Å². The van der Waals surface area contributed by atoms with Gasteiger partial charge < -0.3 is 9.64 Å². The molecule has 0 amide bonds. The van der Waals surface area contributed by atoms with Crippen LogP contribution in [0.25, 0.3) is 0 Å². The maximum atomic E-state index is 14.5. The first-order valence-corrected chi connectivity index (χ1v) is 11.5. The quantitative estimate of drug-likeness (QED) is 0.754. The van der Waals surface area contributed by atoms with E-state index in [1.54, 1.807) is 12.0 Å². The Bertz CT molecular complexity index is 1030. The minimum absolute atomic E-state index is 0.0520. The molecule has 0 aliphatic carbocycles. The van der Waals surface area contributed by atoms with Crippen molar-refractivity contribution in [1.82, 2.24) is 0 Å². The predicted octanol–water partition coefficient (Wildman–Crippen LogP) is 3.25. The van der Waals surface area contributed by atoms with E-state index in [0.29, 0.717) is 10.9 Å². The summed E-state index contributed by atoms with van der Waals surface area (Å²) in [6.07, 6.45) is 0. The lowest BCUT2D eigenvalue weighted by Crippen LogP contribution is -2.39. The van der Waals surface area contributed by atoms with Gasteiger partial charge >= 0.3 is 0 Å². The third-order valence-electron chi connectivity index (χ3n) is 4.80. The van der Waals surface area contributed by atoms with Crippen LogP contribution in [0.5, 0.6) is 5.75 Å². The van der Waals surface area contributed by atoms with E-state index in [1.807, 2.05) is 24.3 Å². The van der Waals surface area contributed by atoms with Gasteiger partial charge in [0, 0.05) is 11.8 Å². The van der Waals surface area contributed by atoms with E-state index < -0.39 is 33.6 Å². The molecule has 9 heteroatoms. The number of rotatable bonds is 4. The summed E-state index contributed by atoms with van der Waals surface area (Å²) >= 11 is 1.40. The highest BCUT2D eigenvalue weighted by atomic mass is 32.2. The van der Waals surface area contributed by atoms with Crippen molar-refractivity contribution in [2.24, 2.45) is 4.99 Å². The van der Waals surface area contributed by atoms with Gasteiger partial charge in [0.25, 0.3) is 0 Å². The molecule has 148 valence electrons. The van der Waals surface area contributed by atoms with Crippen molar-refractivity contribution in [2.75, 3.05) is 23.5 Å². The van der Waals surface area contributed by atoms with E-state index >= 15 is 0 Å². The average molecular weight is 424 g/mol. The molecule has 28 heavy (non-hydrogen) atoms. The van der Waals surface area contributed by atoms with E-state index in [4.69, 9.17) is 4.74 Å². The number of hydrogen-bond donors (Lipinski definition) is 0. The Kier molecular flexibility index (Phi) is 5.05. The van der Waals surface area contributed by atoms with Crippen molar-refractivity contribution in [3.05, 3.63) is 59.7 Å². The molecular weight excluding hydrogens is 406 g/mol. The van der Waals surface area contributed by atoms with E-state index in [9.17, 15) is 17.2 Å². The van der Waals surface area contributed by atoms with Gasteiger partial charge in [0.1, 0.15) is 17.4 Å². The first-order chi connectivity index (χ1) is 13.4. The molecule has 0 aromatic heterocycles. The summed E-state index contributed by atoms with van der Waals surface area (Å²) in [6, 6.07) is 9.96. The van der Waals surface area contributed by atoms with Gasteiger partial charge in [0.2, 0.25) is 0 Å². The highest BCUT2D eigenvalue weighted by Gasteiger charge is 2.47. The number of hydrogen-bond acceptors (Lipinski definition) is 6. The van der Waals surface area contributed by atoms with Crippen LogP contribution >= 0.6 is 11.8 Å². The lowest BCUT2D eigenvalue weighted by molar-refractivity contribution is 0.414. The molecule has 0 radical (unpaired) electrons. The smallest absolute Gasteiger partial charge is 0.164 e. The maximum Gasteiger partial charge on any atom is 0.164 e. The Morgan fingerprint density at radius 2 is 1.93 bits per heavy atom. The summed E-state index contributed by atoms with van der Waals surface area (Å²) in [5.74, 6) is -0.229. The van der Waals surface area contributed by atoms with E-state index in [2.05, 4.69) is 4.99 Å². The molecule has 1 saturated heterocycles. The summed E-state index contributed by atoms with van der Waals surface area (Å²) in [7, 11) is -1.64. The SMILES string of the molecule is COc1ccc(CSC2=N[C@@H]3CS(=O)(=O)C[C@H]3N2c2ccc(F)cc2F)cc1. The molecule has 5 nitrogen and oxygen atoms in total. The summed E-state index contributed by atoms with van der Waals surface area (Å²) < 4.78 is 57.0. The molecule has 2 heterocycles. The number of amidine groups is 1. The van der Waals surface area contributed by atoms with Crippen molar-refractivity contribution in [3.8, 4) is 5.75 Å². The number of methoxy groups -OCH3 is 1. The van der Waals surface area contributed by atoms with Gasteiger partial charge in [0.05, 0.1) is 36.4 Å². The number of fused-ring (bicyclic) bond motifs is 1. The number of aliphatic imine (C=N–C) groups is 1. The van der Waals surface area contributed by atoms with Crippen molar-refractivity contribution in [3.63, 3.8) is 0 Å². The molecular formula is C19H18F2N2O3S2. The van der Waals surface area contributed by atoms with Crippen LogP contribution in [0, 0.1) is 11.6 Å². The normalized spacial score (nSPS) is 22.8. The fourth-order valence-electron chi connectivity index (χ4n) is 3.46. The number of ether oxygens (including phenoxy) is 1. The van der Waals surface area contributed by atoms with E-state index in [-0.39, 0.29) is 17.2 Å². The van der Waals surface area contributed by atoms with Crippen LogP contribution in [-0.2, 0) is 15.6 Å². The van der Waals surface area contributed by atoms with Crippen LogP contribution in [0.3, 0.4) is 0 Å². The highest BCUT2D eigenvalue weighted by Crippen LogP contribution is 2.37. The number of halogens is 2. The molecule has 2 atom stereocenters. The summed E-state index contributed by atoms with van der Waals surface area (Å²) in [6.45, 7) is 0. The third kappa shape index (κ3) is 3.73. The van der Waals surface area contributed by atoms with Crippen molar-refractivity contribution in [1.29, 1.82) is 0 Å². The summed E-state index contributed by atoms with van der Waals surface area (Å²) in [5.41, 5.74) is 1.17. The van der Waals surface area contributed by atoms with Gasteiger partial charge in [-0.1, -0.05) is 23.9 Å². The molecule has 1 fully saturated rings. The van der Waals surface area contributed by atoms with Gasteiger partial charge in [-0.15, -0.1) is 0 Å². The monoisotopic (exact) mass is 424 g/mol. The van der Waals surface area contributed by atoms with Gasteiger partial charge in [-0.25, -0.2) is 17.2 Å². The zero-order chi connectivity index (χ0) is 19.9. The Labute approximate surface area is 166 Å². The minimum atomic E-state index is -3.23. The standard InChI is InChI=1S/C19H18F2N2O3S2/c1-26-14-5-2-12(3-6-14)9-27-19-22-16-10-28(24,25)11-18(16)23(19)17-7-4-13(20)8-15(17)21/h2-8,16,18H,9-11H2,1H3/t16-,18-/m1/s1. The molecule has 0 saturated carbocycles. The van der Waals surface area contributed by atoms with Gasteiger partial charge in [0.15, 0.2) is 15.0 Å². The van der Waals surface area contributed by atoms with E-state index in [0.717, 1.165) is 17.4 Å². The summed E-state index contributed by atoms with van der Waals surface area (Å²) in [4.78, 5) is 6.17. The molecule has 0 spiro atoms. The Hall–Kier alpha value is -2.13. The number of thioether (sulfide) groups is 1. The van der Waals surface area contributed by atoms with Gasteiger partial charge in [-0.3, -0.25) is 4.99 Å².